The van der Waals surface area contributed by atoms with Gasteiger partial charge >= 0.3 is 0 Å². The Morgan fingerprint density at radius 1 is 0.812 bits per heavy atom. The molecule has 32 heavy (non-hydrogen) atoms. The van der Waals surface area contributed by atoms with Gasteiger partial charge in [0.15, 0.2) is 16.9 Å². The summed E-state index contributed by atoms with van der Waals surface area (Å²) in [6.45, 7) is 0. The topological polar surface area (TPSA) is 87.0 Å². The number of carbonyl (C=O) groups is 1. The second-order valence-corrected chi connectivity index (χ2v) is 6.94. The van der Waals surface area contributed by atoms with Gasteiger partial charge in [0.25, 0.3) is 5.91 Å². The Morgan fingerprint density at radius 3 is 2.25 bits per heavy atom. The number of benzene rings is 3. The van der Waals surface area contributed by atoms with Gasteiger partial charge in [-0.2, -0.15) is 0 Å². The molecule has 0 saturated carbocycles. The highest BCUT2D eigenvalue weighted by Gasteiger charge is 2.12. The number of amides is 1. The lowest BCUT2D eigenvalue weighted by atomic mass is 10.1. The predicted octanol–water partition coefficient (Wildman–Crippen LogP) is 4.74. The van der Waals surface area contributed by atoms with E-state index in [1.54, 1.807) is 82.0 Å². The van der Waals surface area contributed by atoms with E-state index in [9.17, 15) is 9.59 Å². The number of anilines is 1. The zero-order valence-electron chi connectivity index (χ0n) is 17.8. The van der Waals surface area contributed by atoms with Gasteiger partial charge < -0.3 is 23.9 Å². The molecule has 0 radical (unpaired) electrons. The summed E-state index contributed by atoms with van der Waals surface area (Å²) < 4.78 is 21.6. The Labute approximate surface area is 184 Å². The van der Waals surface area contributed by atoms with Crippen LogP contribution in [0.4, 0.5) is 5.69 Å². The van der Waals surface area contributed by atoms with E-state index >= 15 is 0 Å². The van der Waals surface area contributed by atoms with Crippen molar-refractivity contribution in [3.05, 3.63) is 82.5 Å². The van der Waals surface area contributed by atoms with Crippen LogP contribution in [0.3, 0.4) is 0 Å². The fourth-order valence-corrected chi connectivity index (χ4v) is 3.31. The molecule has 1 heterocycles. The van der Waals surface area contributed by atoms with Crippen molar-refractivity contribution in [3.63, 3.8) is 0 Å². The van der Waals surface area contributed by atoms with E-state index in [1.807, 2.05) is 0 Å². The minimum Gasteiger partial charge on any atom is -0.497 e. The third-order valence-corrected chi connectivity index (χ3v) is 5.01. The minimum atomic E-state index is -0.293. The number of nitrogens with one attached hydrogen (secondary N) is 1. The third kappa shape index (κ3) is 4.13. The highest BCUT2D eigenvalue weighted by Crippen LogP contribution is 2.33. The Morgan fingerprint density at radius 2 is 1.56 bits per heavy atom. The van der Waals surface area contributed by atoms with E-state index in [0.29, 0.717) is 50.8 Å². The quantitative estimate of drug-likeness (QED) is 0.475. The van der Waals surface area contributed by atoms with Gasteiger partial charge in [0.1, 0.15) is 17.1 Å². The minimum absolute atomic E-state index is 0.225. The number of hydrogen-bond acceptors (Lipinski definition) is 6. The van der Waals surface area contributed by atoms with Crippen molar-refractivity contribution in [2.24, 2.45) is 0 Å². The zero-order valence-corrected chi connectivity index (χ0v) is 17.8. The number of hydrogen-bond donors (Lipinski definition) is 1. The van der Waals surface area contributed by atoms with Crippen molar-refractivity contribution >= 4 is 22.6 Å². The standard InChI is InChI=1S/C25H21NO6/c1-29-18-8-4-15(5-9-18)25(28)26-17-7-11-21-19(13-17)20(27)14-23(32-21)16-6-10-22(30-2)24(12-16)31-3/h4-14H,1-3H3,(H,26,28). The summed E-state index contributed by atoms with van der Waals surface area (Å²) in [7, 11) is 4.66. The Bertz CT molecular complexity index is 1340. The van der Waals surface area contributed by atoms with Gasteiger partial charge in [0.2, 0.25) is 0 Å². The summed E-state index contributed by atoms with van der Waals surface area (Å²) in [4.78, 5) is 25.3. The Kier molecular flexibility index (Phi) is 5.81. The van der Waals surface area contributed by atoms with Gasteiger partial charge in [-0.1, -0.05) is 0 Å². The van der Waals surface area contributed by atoms with E-state index in [-0.39, 0.29) is 11.3 Å². The van der Waals surface area contributed by atoms with Crippen LogP contribution in [0.5, 0.6) is 17.2 Å². The summed E-state index contributed by atoms with van der Waals surface area (Å²) in [5, 5.41) is 3.16. The summed E-state index contributed by atoms with van der Waals surface area (Å²) in [5.41, 5.74) is 1.83. The smallest absolute Gasteiger partial charge is 0.255 e. The molecule has 0 spiro atoms. The van der Waals surface area contributed by atoms with Crippen LogP contribution in [0.2, 0.25) is 0 Å². The van der Waals surface area contributed by atoms with E-state index in [4.69, 9.17) is 18.6 Å². The SMILES string of the molecule is COc1ccc(C(=O)Nc2ccc3oc(-c4ccc(OC)c(OC)c4)cc(=O)c3c2)cc1. The third-order valence-electron chi connectivity index (χ3n) is 5.01. The van der Waals surface area contributed by atoms with Crippen LogP contribution in [-0.2, 0) is 0 Å². The van der Waals surface area contributed by atoms with Crippen molar-refractivity contribution in [3.8, 4) is 28.6 Å². The lowest BCUT2D eigenvalue weighted by Crippen LogP contribution is -2.12. The molecule has 1 aromatic heterocycles. The van der Waals surface area contributed by atoms with Gasteiger partial charge in [0, 0.05) is 22.9 Å². The van der Waals surface area contributed by atoms with Crippen LogP contribution in [0, 0.1) is 0 Å². The molecule has 162 valence electrons. The first-order valence-electron chi connectivity index (χ1n) is 9.78. The summed E-state index contributed by atoms with van der Waals surface area (Å²) in [6, 6.07) is 18.4. The second kappa shape index (κ2) is 8.85. The van der Waals surface area contributed by atoms with Crippen LogP contribution in [-0.4, -0.2) is 27.2 Å². The molecule has 0 bridgehead atoms. The van der Waals surface area contributed by atoms with Crippen molar-refractivity contribution in [2.75, 3.05) is 26.6 Å². The van der Waals surface area contributed by atoms with Gasteiger partial charge in [-0.3, -0.25) is 9.59 Å². The first kappa shape index (κ1) is 21.0. The molecular formula is C25H21NO6. The molecule has 0 aliphatic rings. The van der Waals surface area contributed by atoms with E-state index in [2.05, 4.69) is 5.32 Å². The highest BCUT2D eigenvalue weighted by molar-refractivity contribution is 6.05. The molecule has 3 aromatic carbocycles. The zero-order chi connectivity index (χ0) is 22.7. The molecule has 0 fully saturated rings. The van der Waals surface area contributed by atoms with Crippen LogP contribution < -0.4 is 25.0 Å². The highest BCUT2D eigenvalue weighted by atomic mass is 16.5. The number of ether oxygens (including phenoxy) is 3. The molecule has 0 aliphatic heterocycles. The van der Waals surface area contributed by atoms with E-state index in [0.717, 1.165) is 0 Å². The first-order chi connectivity index (χ1) is 15.5. The Hall–Kier alpha value is -4.26. The van der Waals surface area contributed by atoms with E-state index in [1.165, 1.54) is 6.07 Å². The average molecular weight is 431 g/mol. The molecule has 7 nitrogen and oxygen atoms in total. The van der Waals surface area contributed by atoms with Crippen molar-refractivity contribution in [2.45, 2.75) is 0 Å². The van der Waals surface area contributed by atoms with Gasteiger partial charge in [-0.15, -0.1) is 0 Å². The number of carbonyl (C=O) groups excluding carboxylic acids is 1. The van der Waals surface area contributed by atoms with Crippen LogP contribution in [0.25, 0.3) is 22.3 Å². The molecule has 0 unspecified atom stereocenters. The average Bonchev–Trinajstić information content (AvgIpc) is 2.83. The van der Waals surface area contributed by atoms with Crippen LogP contribution in [0.1, 0.15) is 10.4 Å². The largest absolute Gasteiger partial charge is 0.497 e. The lowest BCUT2D eigenvalue weighted by molar-refractivity contribution is 0.102. The summed E-state index contributed by atoms with van der Waals surface area (Å²) in [5.74, 6) is 1.88. The second-order valence-electron chi connectivity index (χ2n) is 6.94. The molecule has 0 saturated heterocycles. The van der Waals surface area contributed by atoms with Gasteiger partial charge in [-0.25, -0.2) is 0 Å². The van der Waals surface area contributed by atoms with Crippen LogP contribution in [0.15, 0.2) is 75.9 Å². The summed E-state index contributed by atoms with van der Waals surface area (Å²) in [6.07, 6.45) is 0. The van der Waals surface area contributed by atoms with Crippen molar-refractivity contribution in [1.29, 1.82) is 0 Å². The van der Waals surface area contributed by atoms with E-state index < -0.39 is 0 Å². The molecule has 1 N–H and O–H groups in total. The lowest BCUT2D eigenvalue weighted by Gasteiger charge is -2.10. The van der Waals surface area contributed by atoms with Gasteiger partial charge in [-0.05, 0) is 60.7 Å². The molecule has 0 atom stereocenters. The number of fused-ring (bicyclic) bond motifs is 1. The first-order valence-corrected chi connectivity index (χ1v) is 9.78. The molecule has 0 aliphatic carbocycles. The molecular weight excluding hydrogens is 410 g/mol. The monoisotopic (exact) mass is 431 g/mol. The number of rotatable bonds is 6. The fraction of sp³-hybridized carbons (Fsp3) is 0.120. The van der Waals surface area contributed by atoms with Crippen molar-refractivity contribution in [1.82, 2.24) is 0 Å². The normalized spacial score (nSPS) is 10.6. The molecule has 4 aromatic rings. The molecule has 7 heteroatoms. The fourth-order valence-electron chi connectivity index (χ4n) is 3.31. The van der Waals surface area contributed by atoms with Crippen LogP contribution >= 0.6 is 0 Å². The van der Waals surface area contributed by atoms with Gasteiger partial charge in [0.05, 0.1) is 26.7 Å². The van der Waals surface area contributed by atoms with Crippen molar-refractivity contribution < 1.29 is 23.4 Å². The maximum Gasteiger partial charge on any atom is 0.255 e. The predicted molar refractivity (Wildman–Crippen MR) is 122 cm³/mol. The maximum absolute atomic E-state index is 12.8. The molecule has 4 rings (SSSR count). The molecule has 1 amide bonds. The number of methoxy groups -OCH3 is 3. The summed E-state index contributed by atoms with van der Waals surface area (Å²) >= 11 is 0. The maximum atomic E-state index is 12.8. The Balaban J connectivity index is 1.63.